The van der Waals surface area contributed by atoms with Gasteiger partial charge in [-0.2, -0.15) is 0 Å². The van der Waals surface area contributed by atoms with Crippen molar-refractivity contribution in [2.24, 2.45) is 0 Å². The van der Waals surface area contributed by atoms with E-state index in [1.54, 1.807) is 6.92 Å². The van der Waals surface area contributed by atoms with Gasteiger partial charge in [-0.1, -0.05) is 38.1 Å². The van der Waals surface area contributed by atoms with Crippen molar-refractivity contribution in [1.82, 2.24) is 15.5 Å². The second-order valence-electron chi connectivity index (χ2n) is 6.51. The Morgan fingerprint density at radius 1 is 1.12 bits per heavy atom. The molecular formula is C20H29N3O3. The summed E-state index contributed by atoms with van der Waals surface area (Å²) >= 11 is 0. The predicted octanol–water partition coefficient (Wildman–Crippen LogP) is 2.59. The maximum atomic E-state index is 12.4. The lowest BCUT2D eigenvalue weighted by atomic mass is 10.00. The molecule has 0 fully saturated rings. The minimum atomic E-state index is -0.373. The normalized spacial score (nSPS) is 17.1. The maximum absolute atomic E-state index is 12.4. The van der Waals surface area contributed by atoms with Gasteiger partial charge in [-0.3, -0.25) is 4.90 Å². The standard InChI is InChI=1S/C20H29N3O3/c1-5-14-8-10-15(11-9-14)12-23(4)13-17-18(19(24)26-7-3)16(6-2)21-20(25)22-17/h8-11,16H,5-7,12-13H2,1-4H3,(H2,21,22,25)/t16-/m1/s1. The van der Waals surface area contributed by atoms with E-state index in [0.29, 0.717) is 30.8 Å². The molecule has 1 aliphatic heterocycles. The number of aryl methyl sites for hydroxylation is 1. The van der Waals surface area contributed by atoms with Gasteiger partial charge < -0.3 is 15.4 Å². The molecule has 2 rings (SSSR count). The van der Waals surface area contributed by atoms with Gasteiger partial charge in [-0.15, -0.1) is 0 Å². The number of rotatable bonds is 8. The van der Waals surface area contributed by atoms with Crippen molar-refractivity contribution in [3.05, 3.63) is 46.7 Å². The zero-order valence-corrected chi connectivity index (χ0v) is 16.1. The topological polar surface area (TPSA) is 70.7 Å². The summed E-state index contributed by atoms with van der Waals surface area (Å²) in [4.78, 5) is 26.4. The van der Waals surface area contributed by atoms with Crippen LogP contribution in [0.5, 0.6) is 0 Å². The van der Waals surface area contributed by atoms with Gasteiger partial charge in [0.1, 0.15) is 0 Å². The number of ether oxygens (including phenoxy) is 1. The fourth-order valence-electron chi connectivity index (χ4n) is 3.10. The highest BCUT2D eigenvalue weighted by molar-refractivity contribution is 5.94. The van der Waals surface area contributed by atoms with Gasteiger partial charge in [-0.05, 0) is 37.9 Å². The number of nitrogens with one attached hydrogen (secondary N) is 2. The number of urea groups is 1. The molecule has 0 spiro atoms. The summed E-state index contributed by atoms with van der Waals surface area (Å²) in [5, 5.41) is 5.59. The summed E-state index contributed by atoms with van der Waals surface area (Å²) in [6.07, 6.45) is 1.65. The molecule has 1 aromatic carbocycles. The van der Waals surface area contributed by atoms with Crippen LogP contribution in [-0.2, 0) is 22.5 Å². The lowest BCUT2D eigenvalue weighted by Gasteiger charge is -2.30. The van der Waals surface area contributed by atoms with Crippen LogP contribution in [0.4, 0.5) is 4.79 Å². The summed E-state index contributed by atoms with van der Waals surface area (Å²) in [6, 6.07) is 7.89. The molecule has 0 unspecified atom stereocenters. The summed E-state index contributed by atoms with van der Waals surface area (Å²) in [5.41, 5.74) is 3.63. The molecule has 6 nitrogen and oxygen atoms in total. The van der Waals surface area contributed by atoms with E-state index in [9.17, 15) is 9.59 Å². The Morgan fingerprint density at radius 2 is 1.77 bits per heavy atom. The number of likely N-dealkylation sites (N-methyl/N-ethyl adjacent to an activating group) is 1. The molecule has 26 heavy (non-hydrogen) atoms. The zero-order valence-electron chi connectivity index (χ0n) is 16.1. The highest BCUT2D eigenvalue weighted by Crippen LogP contribution is 2.18. The summed E-state index contributed by atoms with van der Waals surface area (Å²) in [7, 11) is 1.97. The number of carbonyl (C=O) groups is 2. The molecule has 6 heteroatoms. The van der Waals surface area contributed by atoms with Gasteiger partial charge in [0, 0.05) is 18.8 Å². The monoisotopic (exact) mass is 359 g/mol. The molecule has 2 N–H and O–H groups in total. The number of amides is 2. The first kappa shape index (κ1) is 20.0. The van der Waals surface area contributed by atoms with Crippen molar-refractivity contribution in [3.63, 3.8) is 0 Å². The Morgan fingerprint density at radius 3 is 2.35 bits per heavy atom. The fourth-order valence-corrected chi connectivity index (χ4v) is 3.10. The quantitative estimate of drug-likeness (QED) is 0.700. The smallest absolute Gasteiger partial charge is 0.337 e. The first-order valence-electron chi connectivity index (χ1n) is 9.22. The Hall–Kier alpha value is -2.34. The van der Waals surface area contributed by atoms with Gasteiger partial charge in [0.2, 0.25) is 0 Å². The summed E-state index contributed by atoms with van der Waals surface area (Å²) in [6.45, 7) is 7.34. The third kappa shape index (κ3) is 5.08. The molecule has 0 saturated carbocycles. The molecule has 1 heterocycles. The van der Waals surface area contributed by atoms with E-state index in [4.69, 9.17) is 4.74 Å². The number of esters is 1. The van der Waals surface area contributed by atoms with Crippen molar-refractivity contribution in [1.29, 1.82) is 0 Å². The molecule has 1 aliphatic rings. The van der Waals surface area contributed by atoms with E-state index in [0.717, 1.165) is 13.0 Å². The van der Waals surface area contributed by atoms with Crippen LogP contribution in [0.15, 0.2) is 35.5 Å². The molecule has 0 aromatic heterocycles. The molecule has 0 bridgehead atoms. The maximum Gasteiger partial charge on any atom is 0.337 e. The van der Waals surface area contributed by atoms with Crippen LogP contribution < -0.4 is 10.6 Å². The summed E-state index contributed by atoms with van der Waals surface area (Å²) < 4.78 is 5.20. The van der Waals surface area contributed by atoms with Crippen molar-refractivity contribution >= 4 is 12.0 Å². The second kappa shape index (κ2) is 9.38. The molecule has 0 aliphatic carbocycles. The van der Waals surface area contributed by atoms with Crippen LogP contribution in [0, 0.1) is 0 Å². The average Bonchev–Trinajstić information content (AvgIpc) is 2.61. The first-order valence-corrected chi connectivity index (χ1v) is 9.22. The van der Waals surface area contributed by atoms with Crippen molar-refractivity contribution < 1.29 is 14.3 Å². The average molecular weight is 359 g/mol. The lowest BCUT2D eigenvalue weighted by Crippen LogP contribution is -2.51. The Balaban J connectivity index is 2.17. The third-order valence-corrected chi connectivity index (χ3v) is 4.46. The molecule has 142 valence electrons. The van der Waals surface area contributed by atoms with Crippen LogP contribution in [0.2, 0.25) is 0 Å². The van der Waals surface area contributed by atoms with E-state index in [1.807, 2.05) is 14.0 Å². The Labute approximate surface area is 155 Å². The lowest BCUT2D eigenvalue weighted by molar-refractivity contribution is -0.139. The third-order valence-electron chi connectivity index (χ3n) is 4.46. The number of benzene rings is 1. The predicted molar refractivity (Wildman–Crippen MR) is 102 cm³/mol. The Bertz CT molecular complexity index is 667. The van der Waals surface area contributed by atoms with Crippen LogP contribution in [0.3, 0.4) is 0 Å². The largest absolute Gasteiger partial charge is 0.463 e. The molecular weight excluding hydrogens is 330 g/mol. The number of nitrogens with zero attached hydrogens (tertiary/aromatic N) is 1. The molecule has 2 amide bonds. The highest BCUT2D eigenvalue weighted by Gasteiger charge is 2.31. The second-order valence-corrected chi connectivity index (χ2v) is 6.51. The van der Waals surface area contributed by atoms with Crippen molar-refractivity contribution in [3.8, 4) is 0 Å². The van der Waals surface area contributed by atoms with Gasteiger partial charge in [-0.25, -0.2) is 9.59 Å². The minimum absolute atomic E-state index is 0.277. The van der Waals surface area contributed by atoms with E-state index >= 15 is 0 Å². The van der Waals surface area contributed by atoms with Gasteiger partial charge in [0.25, 0.3) is 0 Å². The number of carbonyl (C=O) groups excluding carboxylic acids is 2. The van der Waals surface area contributed by atoms with E-state index in [1.165, 1.54) is 11.1 Å². The first-order chi connectivity index (χ1) is 12.5. The molecule has 0 saturated heterocycles. The van der Waals surface area contributed by atoms with Gasteiger partial charge in [0.05, 0.1) is 18.2 Å². The summed E-state index contributed by atoms with van der Waals surface area (Å²) in [5.74, 6) is -0.373. The van der Waals surface area contributed by atoms with E-state index in [2.05, 4.69) is 46.7 Å². The van der Waals surface area contributed by atoms with E-state index < -0.39 is 0 Å². The minimum Gasteiger partial charge on any atom is -0.463 e. The molecule has 1 atom stereocenters. The van der Waals surface area contributed by atoms with Crippen LogP contribution in [0.25, 0.3) is 0 Å². The van der Waals surface area contributed by atoms with Crippen LogP contribution in [-0.4, -0.2) is 43.1 Å². The van der Waals surface area contributed by atoms with Crippen LogP contribution in [0.1, 0.15) is 38.3 Å². The molecule has 1 aromatic rings. The SMILES string of the molecule is CCOC(=O)C1=C(CN(C)Cc2ccc(CC)cc2)NC(=O)N[C@@H]1CC. The van der Waals surface area contributed by atoms with Crippen molar-refractivity contribution in [2.45, 2.75) is 46.2 Å². The zero-order chi connectivity index (χ0) is 19.1. The van der Waals surface area contributed by atoms with Gasteiger partial charge in [0.15, 0.2) is 0 Å². The molecule has 0 radical (unpaired) electrons. The van der Waals surface area contributed by atoms with Crippen LogP contribution >= 0.6 is 0 Å². The van der Waals surface area contributed by atoms with Gasteiger partial charge >= 0.3 is 12.0 Å². The van der Waals surface area contributed by atoms with E-state index in [-0.39, 0.29) is 18.0 Å². The number of hydrogen-bond acceptors (Lipinski definition) is 4. The fraction of sp³-hybridized carbons (Fsp3) is 0.500. The van der Waals surface area contributed by atoms with Crippen molar-refractivity contribution in [2.75, 3.05) is 20.2 Å². The number of hydrogen-bond donors (Lipinski definition) is 2. The highest BCUT2D eigenvalue weighted by atomic mass is 16.5. The Kier molecular flexibility index (Phi) is 7.21.